The normalized spacial score (nSPS) is 36.0. The van der Waals surface area contributed by atoms with Gasteiger partial charge in [0.05, 0.1) is 0 Å². The Kier molecular flexibility index (Phi) is 4.34. The third-order valence-corrected chi connectivity index (χ3v) is 8.31. The molecule has 2 saturated carbocycles. The first-order valence-corrected chi connectivity index (χ1v) is 11.2. The van der Waals surface area contributed by atoms with E-state index in [1.807, 2.05) is 12.1 Å². The minimum Gasteiger partial charge on any atom is -0.508 e. The summed E-state index contributed by atoms with van der Waals surface area (Å²) in [6.45, 7) is 4.65. The highest BCUT2D eigenvalue weighted by molar-refractivity contribution is 5.82. The van der Waals surface area contributed by atoms with E-state index < -0.39 is 0 Å². The minimum absolute atomic E-state index is 0.0255. The maximum atomic E-state index is 12.8. The van der Waals surface area contributed by atoms with Crippen LogP contribution in [0.4, 0.5) is 0 Å². The van der Waals surface area contributed by atoms with Crippen LogP contribution in [0.15, 0.2) is 18.2 Å². The van der Waals surface area contributed by atoms with Gasteiger partial charge in [0.15, 0.2) is 0 Å². The topological polar surface area (TPSA) is 40.5 Å². The van der Waals surface area contributed by atoms with Gasteiger partial charge in [0, 0.05) is 30.8 Å². The highest BCUT2D eigenvalue weighted by atomic mass is 16.3. The number of carbonyl (C=O) groups excluding carboxylic acids is 1. The third kappa shape index (κ3) is 2.76. The largest absolute Gasteiger partial charge is 0.508 e. The lowest BCUT2D eigenvalue weighted by atomic mass is 9.48. The second kappa shape index (κ2) is 6.62. The van der Waals surface area contributed by atoms with Crippen molar-refractivity contribution in [1.29, 1.82) is 0 Å². The smallest absolute Gasteiger partial charge is 0.134 e. The van der Waals surface area contributed by atoms with Gasteiger partial charge in [-0.05, 0) is 79.7 Å². The number of Topliss-reactive ketones (excluding diaryl/α,β-unsaturated/α-hetero) is 1. The number of hydrogen-bond acceptors (Lipinski definition) is 3. The summed E-state index contributed by atoms with van der Waals surface area (Å²) in [5, 5.41) is 10.2. The zero-order chi connectivity index (χ0) is 18.6. The van der Waals surface area contributed by atoms with E-state index in [0.29, 0.717) is 35.8 Å². The third-order valence-electron chi connectivity index (χ3n) is 8.31. The molecule has 27 heavy (non-hydrogen) atoms. The molecule has 0 radical (unpaired) electrons. The van der Waals surface area contributed by atoms with Crippen molar-refractivity contribution in [2.45, 2.75) is 76.2 Å². The number of phenolic OH excluding ortho intramolecular Hbond substituents is 1. The van der Waals surface area contributed by atoms with Crippen LogP contribution >= 0.6 is 0 Å². The first kappa shape index (κ1) is 17.7. The quantitative estimate of drug-likeness (QED) is 0.854. The molecule has 3 aliphatic carbocycles. The Morgan fingerprint density at radius 3 is 2.85 bits per heavy atom. The van der Waals surface area contributed by atoms with E-state index in [0.717, 1.165) is 38.1 Å². The molecule has 2 bridgehead atoms. The van der Waals surface area contributed by atoms with Crippen molar-refractivity contribution < 1.29 is 9.90 Å². The van der Waals surface area contributed by atoms with Crippen LogP contribution in [0.5, 0.6) is 5.75 Å². The Bertz CT molecular complexity index is 740. The summed E-state index contributed by atoms with van der Waals surface area (Å²) in [5.74, 6) is 2.81. The maximum absolute atomic E-state index is 12.8. The number of nitrogens with zero attached hydrogens (tertiary/aromatic N) is 1. The molecular formula is C24H33NO2. The van der Waals surface area contributed by atoms with E-state index in [9.17, 15) is 9.90 Å². The Morgan fingerprint density at radius 2 is 2.11 bits per heavy atom. The molecule has 1 aromatic rings. The number of likely N-dealkylation sites (tertiary alicyclic amines) is 1. The molecule has 1 saturated heterocycles. The number of fused-ring (bicyclic) bond motifs is 1. The molecule has 0 unspecified atom stereocenters. The van der Waals surface area contributed by atoms with Gasteiger partial charge in [0.2, 0.25) is 0 Å². The molecule has 4 aliphatic rings. The van der Waals surface area contributed by atoms with Gasteiger partial charge in [-0.15, -0.1) is 0 Å². The van der Waals surface area contributed by atoms with Gasteiger partial charge in [-0.25, -0.2) is 0 Å². The van der Waals surface area contributed by atoms with Crippen molar-refractivity contribution in [2.24, 2.45) is 17.8 Å². The number of rotatable bonds is 4. The fraction of sp³-hybridized carbons (Fsp3) is 0.708. The summed E-state index contributed by atoms with van der Waals surface area (Å²) in [6, 6.07) is 6.56. The predicted molar refractivity (Wildman–Crippen MR) is 107 cm³/mol. The molecular weight excluding hydrogens is 334 g/mol. The molecule has 3 nitrogen and oxygen atoms in total. The predicted octanol–water partition coefficient (Wildman–Crippen LogP) is 4.46. The van der Waals surface area contributed by atoms with Crippen LogP contribution in [-0.2, 0) is 16.6 Å². The summed E-state index contributed by atoms with van der Waals surface area (Å²) in [7, 11) is 0. The van der Waals surface area contributed by atoms with Crippen molar-refractivity contribution in [1.82, 2.24) is 4.90 Å². The van der Waals surface area contributed by atoms with Gasteiger partial charge in [-0.2, -0.15) is 0 Å². The Morgan fingerprint density at radius 1 is 1.26 bits per heavy atom. The van der Waals surface area contributed by atoms with Crippen molar-refractivity contribution in [2.75, 3.05) is 13.1 Å². The van der Waals surface area contributed by atoms with E-state index in [1.165, 1.54) is 43.4 Å². The number of phenols is 1. The van der Waals surface area contributed by atoms with Crippen LogP contribution in [0.25, 0.3) is 0 Å². The molecule has 0 aromatic heterocycles. The molecule has 1 aliphatic heterocycles. The van der Waals surface area contributed by atoms with E-state index >= 15 is 0 Å². The van der Waals surface area contributed by atoms with Gasteiger partial charge in [0.25, 0.3) is 0 Å². The molecule has 1 heterocycles. The van der Waals surface area contributed by atoms with Crippen molar-refractivity contribution in [3.05, 3.63) is 29.3 Å². The summed E-state index contributed by atoms with van der Waals surface area (Å²) in [4.78, 5) is 15.6. The molecule has 146 valence electrons. The van der Waals surface area contributed by atoms with Crippen molar-refractivity contribution >= 4 is 5.78 Å². The van der Waals surface area contributed by atoms with E-state index in [1.54, 1.807) is 0 Å². The molecule has 4 atom stereocenters. The zero-order valence-electron chi connectivity index (χ0n) is 16.6. The van der Waals surface area contributed by atoms with Gasteiger partial charge < -0.3 is 5.11 Å². The first-order valence-electron chi connectivity index (χ1n) is 11.2. The minimum atomic E-state index is -0.0255. The fourth-order valence-corrected chi connectivity index (χ4v) is 7.07. The molecule has 3 fully saturated rings. The van der Waals surface area contributed by atoms with Crippen molar-refractivity contribution in [3.63, 3.8) is 0 Å². The highest BCUT2D eigenvalue weighted by Crippen LogP contribution is 2.58. The molecule has 5 rings (SSSR count). The number of hydrogen-bond donors (Lipinski definition) is 1. The van der Waals surface area contributed by atoms with E-state index in [2.05, 4.69) is 17.9 Å². The van der Waals surface area contributed by atoms with Gasteiger partial charge >= 0.3 is 0 Å². The van der Waals surface area contributed by atoms with Gasteiger partial charge in [-0.1, -0.05) is 25.8 Å². The summed E-state index contributed by atoms with van der Waals surface area (Å²) < 4.78 is 0. The Balaban J connectivity index is 1.59. The van der Waals surface area contributed by atoms with Crippen LogP contribution in [0, 0.1) is 17.8 Å². The second-order valence-electron chi connectivity index (χ2n) is 9.81. The highest BCUT2D eigenvalue weighted by Gasteiger charge is 2.58. The summed E-state index contributed by atoms with van der Waals surface area (Å²) in [6.07, 6.45) is 10.2. The number of benzene rings is 1. The van der Waals surface area contributed by atoms with E-state index in [-0.39, 0.29) is 5.41 Å². The molecule has 0 amide bonds. The zero-order valence-corrected chi connectivity index (χ0v) is 16.6. The monoisotopic (exact) mass is 367 g/mol. The number of aromatic hydroxyl groups is 1. The summed E-state index contributed by atoms with van der Waals surface area (Å²) >= 11 is 0. The Labute approximate surface area is 163 Å². The van der Waals surface area contributed by atoms with Crippen LogP contribution in [0.1, 0.15) is 69.4 Å². The average molecular weight is 368 g/mol. The molecule has 0 spiro atoms. The van der Waals surface area contributed by atoms with Crippen LogP contribution in [0.2, 0.25) is 0 Å². The van der Waals surface area contributed by atoms with Crippen molar-refractivity contribution in [3.8, 4) is 5.75 Å². The lowest BCUT2D eigenvalue weighted by Crippen LogP contribution is -2.65. The number of carbonyl (C=O) groups is 1. The average Bonchev–Trinajstić information content (AvgIpc) is 2.60. The maximum Gasteiger partial charge on any atom is 0.134 e. The van der Waals surface area contributed by atoms with E-state index in [4.69, 9.17) is 0 Å². The number of piperidine rings is 1. The molecule has 1 aromatic carbocycles. The van der Waals surface area contributed by atoms with Gasteiger partial charge in [-0.3, -0.25) is 9.69 Å². The van der Waals surface area contributed by atoms with Crippen LogP contribution in [-0.4, -0.2) is 34.9 Å². The SMILES string of the molecule is CCC[C@H]1CC(=O)C[C@]23CCN(CC4CCC4)[C@H](Cc4ccc(O)cc42)[C@H]13. The van der Waals surface area contributed by atoms with Gasteiger partial charge in [0.1, 0.15) is 11.5 Å². The first-order chi connectivity index (χ1) is 13.1. The summed E-state index contributed by atoms with van der Waals surface area (Å²) in [5.41, 5.74) is 2.67. The fourth-order valence-electron chi connectivity index (χ4n) is 7.07. The molecule has 3 heteroatoms. The Hall–Kier alpha value is -1.35. The number of ketones is 1. The molecule has 1 N–H and O–H groups in total. The lowest BCUT2D eigenvalue weighted by molar-refractivity contribution is -0.132. The standard InChI is InChI=1S/C24H33NO2/c1-2-4-18-11-20(27)14-24-9-10-25(15-16-5-3-6-16)22(23(18)24)12-17-7-8-19(26)13-21(17)24/h7-8,13,16,18,22-23,26H,2-6,9-12,14-15H2,1H3/t18-,22+,23-,24+/m0/s1. The lowest BCUT2D eigenvalue weighted by Gasteiger charge is -2.61. The second-order valence-corrected chi connectivity index (χ2v) is 9.81. The van der Waals surface area contributed by atoms with Crippen LogP contribution in [0.3, 0.4) is 0 Å². The van der Waals surface area contributed by atoms with Crippen LogP contribution < -0.4 is 0 Å².